The van der Waals surface area contributed by atoms with E-state index in [1.54, 1.807) is 13.8 Å². The molecule has 1 heterocycles. The monoisotopic (exact) mass is 546 g/mol. The highest BCUT2D eigenvalue weighted by atomic mass is 79.9. The van der Waals surface area contributed by atoms with Gasteiger partial charge in [-0.2, -0.15) is 0 Å². The zero-order valence-corrected chi connectivity index (χ0v) is 24.1. The normalized spacial score (nSPS) is 16.1. The van der Waals surface area contributed by atoms with E-state index in [0.717, 1.165) is 54.8 Å². The van der Waals surface area contributed by atoms with Crippen LogP contribution in [0.3, 0.4) is 0 Å². The van der Waals surface area contributed by atoms with Crippen LogP contribution >= 0.6 is 15.9 Å². The van der Waals surface area contributed by atoms with Crippen LogP contribution in [-0.2, 0) is 16.0 Å². The molecule has 0 bridgehead atoms. The van der Waals surface area contributed by atoms with Crippen molar-refractivity contribution >= 4 is 39.1 Å². The van der Waals surface area contributed by atoms with Crippen molar-refractivity contribution in [3.63, 3.8) is 0 Å². The number of nitrogens with zero attached hydrogens (tertiary/aromatic N) is 2. The minimum atomic E-state index is -1.20. The molecule has 1 fully saturated rings. The van der Waals surface area contributed by atoms with E-state index < -0.39 is 11.6 Å². The smallest absolute Gasteiger partial charge is 0.243 e. The zero-order valence-electron chi connectivity index (χ0n) is 22.5. The topological polar surface area (TPSA) is 40.6 Å². The van der Waals surface area contributed by atoms with Gasteiger partial charge >= 0.3 is 0 Å². The summed E-state index contributed by atoms with van der Waals surface area (Å²) in [6.07, 6.45) is 0.0137. The lowest BCUT2D eigenvalue weighted by Gasteiger charge is -2.50. The Morgan fingerprint density at radius 2 is 1.06 bits per heavy atom. The van der Waals surface area contributed by atoms with Crippen LogP contribution in [-0.4, -0.2) is 18.0 Å². The number of carbonyl (C=O) groups is 2. The van der Waals surface area contributed by atoms with E-state index in [2.05, 4.69) is 93.9 Å². The third kappa shape index (κ3) is 4.50. The van der Waals surface area contributed by atoms with Crippen molar-refractivity contribution in [3.8, 4) is 0 Å². The number of benzene rings is 3. The summed E-state index contributed by atoms with van der Waals surface area (Å²) in [5.74, 6) is -0.327. The molecule has 3 aromatic carbocycles. The first-order chi connectivity index (χ1) is 16.8. The average molecular weight is 548 g/mol. The van der Waals surface area contributed by atoms with Crippen molar-refractivity contribution < 1.29 is 9.59 Å². The molecule has 0 spiro atoms. The molecule has 0 aromatic heterocycles. The summed E-state index contributed by atoms with van der Waals surface area (Å²) in [6, 6.07) is 16.6. The number of hydrogen-bond acceptors (Lipinski definition) is 2. The van der Waals surface area contributed by atoms with Crippen LogP contribution in [0.25, 0.3) is 0 Å². The Morgan fingerprint density at radius 1 is 0.694 bits per heavy atom. The van der Waals surface area contributed by atoms with Gasteiger partial charge in [0.05, 0.1) is 11.4 Å². The van der Waals surface area contributed by atoms with E-state index in [9.17, 15) is 9.59 Å². The van der Waals surface area contributed by atoms with E-state index in [4.69, 9.17) is 0 Å². The zero-order chi connectivity index (χ0) is 26.5. The molecule has 5 heteroatoms. The van der Waals surface area contributed by atoms with Crippen molar-refractivity contribution in [2.45, 2.75) is 68.0 Å². The summed E-state index contributed by atoms with van der Waals surface area (Å²) >= 11 is 3.52. The first kappa shape index (κ1) is 26.2. The van der Waals surface area contributed by atoms with Crippen LogP contribution in [0.15, 0.2) is 53.0 Å². The fourth-order valence-electron chi connectivity index (χ4n) is 5.70. The molecule has 0 atom stereocenters. The van der Waals surface area contributed by atoms with E-state index in [0.29, 0.717) is 6.42 Å². The Labute approximate surface area is 223 Å². The first-order valence-corrected chi connectivity index (χ1v) is 13.2. The van der Waals surface area contributed by atoms with Gasteiger partial charge < -0.3 is 0 Å². The summed E-state index contributed by atoms with van der Waals surface area (Å²) < 4.78 is 0.993. The predicted molar refractivity (Wildman–Crippen MR) is 152 cm³/mol. The molecular weight excluding hydrogens is 512 g/mol. The highest BCUT2D eigenvalue weighted by molar-refractivity contribution is 9.10. The highest BCUT2D eigenvalue weighted by Gasteiger charge is 2.53. The van der Waals surface area contributed by atoms with E-state index in [1.807, 2.05) is 21.9 Å². The number of rotatable bonds is 4. The molecule has 0 N–H and O–H groups in total. The number of hydrogen-bond donors (Lipinski definition) is 0. The van der Waals surface area contributed by atoms with Crippen LogP contribution in [0.1, 0.15) is 52.8 Å². The van der Waals surface area contributed by atoms with Crippen molar-refractivity contribution in [2.75, 3.05) is 9.80 Å². The summed E-state index contributed by atoms with van der Waals surface area (Å²) in [6.45, 7) is 15.9. The van der Waals surface area contributed by atoms with Gasteiger partial charge in [-0.15, -0.1) is 0 Å². The second kappa shape index (κ2) is 9.51. The molecule has 3 aromatic rings. The highest BCUT2D eigenvalue weighted by Crippen LogP contribution is 2.42. The molecule has 4 nitrogen and oxygen atoms in total. The first-order valence-electron chi connectivity index (χ1n) is 12.4. The van der Waals surface area contributed by atoms with Gasteiger partial charge in [0.15, 0.2) is 0 Å². The number of halogens is 1. The fourth-order valence-corrected chi connectivity index (χ4v) is 5.96. The molecule has 1 saturated heterocycles. The average Bonchev–Trinajstić information content (AvgIpc) is 2.77. The van der Waals surface area contributed by atoms with E-state index in [1.165, 1.54) is 0 Å². The van der Waals surface area contributed by atoms with Gasteiger partial charge in [-0.3, -0.25) is 19.4 Å². The van der Waals surface area contributed by atoms with Crippen LogP contribution in [0.4, 0.5) is 11.4 Å². The molecule has 0 unspecified atom stereocenters. The fraction of sp³-hybridized carbons (Fsp3) is 0.355. The number of anilines is 2. The number of carbonyl (C=O) groups excluding carboxylic acids is 2. The van der Waals surface area contributed by atoms with Crippen LogP contribution in [0, 0.1) is 47.0 Å². The molecule has 0 saturated carbocycles. The number of aryl methyl sites for hydroxylation is 6. The van der Waals surface area contributed by atoms with Crippen LogP contribution in [0.2, 0.25) is 0 Å². The Morgan fingerprint density at radius 3 is 1.42 bits per heavy atom. The van der Waals surface area contributed by atoms with Gasteiger partial charge in [0, 0.05) is 10.9 Å². The third-order valence-electron chi connectivity index (χ3n) is 7.19. The van der Waals surface area contributed by atoms with Crippen molar-refractivity contribution in [2.24, 2.45) is 5.41 Å². The summed E-state index contributed by atoms with van der Waals surface area (Å²) in [5, 5.41) is 0. The van der Waals surface area contributed by atoms with Gasteiger partial charge in [0.2, 0.25) is 11.8 Å². The summed E-state index contributed by atoms with van der Waals surface area (Å²) in [7, 11) is 0. The Balaban J connectivity index is 2.02. The van der Waals surface area contributed by atoms with Crippen molar-refractivity contribution in [1.82, 2.24) is 0 Å². The van der Waals surface area contributed by atoms with Crippen molar-refractivity contribution in [1.29, 1.82) is 0 Å². The second-order valence-electron chi connectivity index (χ2n) is 10.8. The maximum atomic E-state index is 14.2. The van der Waals surface area contributed by atoms with Gasteiger partial charge in [0.25, 0.3) is 0 Å². The number of amides is 2. The minimum absolute atomic E-state index is 0.164. The maximum Gasteiger partial charge on any atom is 0.243 e. The lowest BCUT2D eigenvalue weighted by atomic mass is 9.83. The summed E-state index contributed by atoms with van der Waals surface area (Å²) in [4.78, 5) is 32.1. The molecule has 1 aliphatic rings. The standard InChI is InChI=1S/C31H35BrN2O2/c1-18-13-20(3)27(21(4)14-18)33-26(17-24-9-11-25(32)12-10-24)34(30(36)31(7,8)29(33)35)28-22(5)15-19(2)16-23(28)6/h9-16,26H,17H2,1-8H3. The summed E-state index contributed by atoms with van der Waals surface area (Å²) in [5.41, 5.74) is 8.07. The molecule has 188 valence electrons. The predicted octanol–water partition coefficient (Wildman–Crippen LogP) is 7.27. The van der Waals surface area contributed by atoms with E-state index >= 15 is 0 Å². The van der Waals surface area contributed by atoms with Crippen LogP contribution < -0.4 is 9.80 Å². The van der Waals surface area contributed by atoms with Gasteiger partial charge in [-0.1, -0.05) is 63.5 Å². The maximum absolute atomic E-state index is 14.2. The Kier molecular flexibility index (Phi) is 6.91. The quantitative estimate of drug-likeness (QED) is 0.322. The van der Waals surface area contributed by atoms with Gasteiger partial charge in [-0.05, 0) is 95.3 Å². The molecule has 0 radical (unpaired) electrons. The molecule has 1 aliphatic heterocycles. The third-order valence-corrected chi connectivity index (χ3v) is 7.72. The Bertz CT molecular complexity index is 1230. The van der Waals surface area contributed by atoms with Crippen LogP contribution in [0.5, 0.6) is 0 Å². The van der Waals surface area contributed by atoms with Gasteiger partial charge in [0.1, 0.15) is 11.6 Å². The minimum Gasteiger partial charge on any atom is -0.289 e. The van der Waals surface area contributed by atoms with E-state index in [-0.39, 0.29) is 11.8 Å². The Hall–Kier alpha value is -2.92. The molecule has 2 amide bonds. The molecule has 0 aliphatic carbocycles. The lowest BCUT2D eigenvalue weighted by Crippen LogP contribution is -2.68. The SMILES string of the molecule is Cc1cc(C)c(N2C(=O)C(C)(C)C(=O)N(c3c(C)cc(C)cc3C)C2Cc2ccc(Br)cc2)c(C)c1. The lowest BCUT2D eigenvalue weighted by molar-refractivity contribution is -0.141. The second-order valence-corrected chi connectivity index (χ2v) is 11.7. The molecule has 4 rings (SSSR count). The largest absolute Gasteiger partial charge is 0.289 e. The molecule has 36 heavy (non-hydrogen) atoms. The van der Waals surface area contributed by atoms with Gasteiger partial charge in [-0.25, -0.2) is 0 Å². The molecular formula is C31H35BrN2O2. The van der Waals surface area contributed by atoms with Crippen molar-refractivity contribution in [3.05, 3.63) is 91.9 Å².